The van der Waals surface area contributed by atoms with Crippen molar-refractivity contribution in [3.63, 3.8) is 0 Å². The molecule has 2 aromatic rings. The molecule has 0 bridgehead atoms. The lowest BCUT2D eigenvalue weighted by Gasteiger charge is -2.05. The number of nitrogens with zero attached hydrogens (tertiary/aromatic N) is 2. The molecular weight excluding hydrogens is 228 g/mol. The maximum atomic E-state index is 9.32. The summed E-state index contributed by atoms with van der Waals surface area (Å²) < 4.78 is 0. The number of benzene rings is 1. The molecule has 1 aromatic heterocycles. The lowest BCUT2D eigenvalue weighted by atomic mass is 10.2. The molecule has 5 nitrogen and oxygen atoms in total. The summed E-state index contributed by atoms with van der Waals surface area (Å²) in [6.07, 6.45) is 0. The van der Waals surface area contributed by atoms with Gasteiger partial charge in [0, 0.05) is 5.56 Å². The van der Waals surface area contributed by atoms with Crippen LogP contribution in [-0.4, -0.2) is 15.1 Å². The van der Waals surface area contributed by atoms with Crippen LogP contribution in [0.25, 0.3) is 11.4 Å². The van der Waals surface area contributed by atoms with Gasteiger partial charge in [0.1, 0.15) is 22.4 Å². The first-order valence-corrected chi connectivity index (χ1v) is 4.83. The van der Waals surface area contributed by atoms with E-state index in [4.69, 9.17) is 23.1 Å². The van der Waals surface area contributed by atoms with Gasteiger partial charge < -0.3 is 16.6 Å². The summed E-state index contributed by atoms with van der Waals surface area (Å²) in [5.41, 5.74) is 11.8. The van der Waals surface area contributed by atoms with E-state index in [1.165, 1.54) is 6.07 Å². The molecule has 0 unspecified atom stereocenters. The van der Waals surface area contributed by atoms with Crippen molar-refractivity contribution in [3.05, 3.63) is 29.3 Å². The van der Waals surface area contributed by atoms with Crippen molar-refractivity contribution in [2.75, 3.05) is 11.5 Å². The number of nitrogen functional groups attached to an aromatic ring is 2. The van der Waals surface area contributed by atoms with Gasteiger partial charge in [0.15, 0.2) is 5.82 Å². The summed E-state index contributed by atoms with van der Waals surface area (Å²) in [4.78, 5) is 7.98. The summed E-state index contributed by atoms with van der Waals surface area (Å²) >= 11 is 5.74. The Morgan fingerprint density at radius 1 is 1.12 bits per heavy atom. The number of aromatic hydroxyl groups is 1. The van der Waals surface area contributed by atoms with Crippen LogP contribution in [0.3, 0.4) is 0 Å². The summed E-state index contributed by atoms with van der Waals surface area (Å²) in [7, 11) is 0. The number of rotatable bonds is 1. The average Bonchev–Trinajstić information content (AvgIpc) is 2.25. The van der Waals surface area contributed by atoms with Gasteiger partial charge >= 0.3 is 0 Å². The summed E-state index contributed by atoms with van der Waals surface area (Å²) in [6, 6.07) is 6.48. The molecule has 1 aromatic carbocycles. The minimum atomic E-state index is 0.118. The molecule has 6 heteroatoms. The van der Waals surface area contributed by atoms with Gasteiger partial charge in [-0.25, -0.2) is 9.97 Å². The van der Waals surface area contributed by atoms with Crippen LogP contribution < -0.4 is 11.5 Å². The van der Waals surface area contributed by atoms with Crippen LogP contribution in [-0.2, 0) is 0 Å². The van der Waals surface area contributed by atoms with Crippen LogP contribution in [0.1, 0.15) is 0 Å². The topological polar surface area (TPSA) is 98.0 Å². The van der Waals surface area contributed by atoms with Crippen LogP contribution in [0.15, 0.2) is 24.3 Å². The second-order valence-corrected chi connectivity index (χ2v) is 3.56. The van der Waals surface area contributed by atoms with Crippen molar-refractivity contribution in [3.8, 4) is 17.1 Å². The van der Waals surface area contributed by atoms with Gasteiger partial charge in [0.2, 0.25) is 0 Å². The van der Waals surface area contributed by atoms with Crippen LogP contribution in [0.5, 0.6) is 5.75 Å². The summed E-state index contributed by atoms with van der Waals surface area (Å²) in [5, 5.41) is 9.47. The fraction of sp³-hybridized carbons (Fsp3) is 0. The molecule has 0 spiro atoms. The van der Waals surface area contributed by atoms with Gasteiger partial charge in [-0.3, -0.25) is 0 Å². The Morgan fingerprint density at radius 3 is 2.31 bits per heavy atom. The first-order chi connectivity index (χ1) is 7.58. The highest BCUT2D eigenvalue weighted by atomic mass is 35.5. The molecule has 0 aliphatic carbocycles. The fourth-order valence-corrected chi connectivity index (χ4v) is 1.34. The first kappa shape index (κ1) is 10.5. The van der Waals surface area contributed by atoms with Gasteiger partial charge in [-0.2, -0.15) is 0 Å². The summed E-state index contributed by atoms with van der Waals surface area (Å²) in [5.74, 6) is 0.684. The third kappa shape index (κ3) is 1.85. The zero-order chi connectivity index (χ0) is 11.7. The third-order valence-electron chi connectivity index (χ3n) is 2.01. The molecule has 0 atom stereocenters. The molecule has 2 rings (SSSR count). The highest BCUT2D eigenvalue weighted by molar-refractivity contribution is 6.35. The molecule has 0 amide bonds. The molecular formula is C10H9ClN4O. The highest BCUT2D eigenvalue weighted by Crippen LogP contribution is 2.27. The third-order valence-corrected chi connectivity index (χ3v) is 2.39. The van der Waals surface area contributed by atoms with E-state index in [-0.39, 0.29) is 22.4 Å². The minimum Gasteiger partial charge on any atom is -0.508 e. The van der Waals surface area contributed by atoms with Crippen molar-refractivity contribution in [2.45, 2.75) is 0 Å². The van der Waals surface area contributed by atoms with E-state index in [2.05, 4.69) is 9.97 Å². The maximum Gasteiger partial charge on any atom is 0.164 e. The molecule has 0 fully saturated rings. The van der Waals surface area contributed by atoms with Gasteiger partial charge in [-0.1, -0.05) is 23.7 Å². The van der Waals surface area contributed by atoms with Crippen LogP contribution in [0, 0.1) is 0 Å². The Kier molecular flexibility index (Phi) is 2.54. The van der Waals surface area contributed by atoms with Gasteiger partial charge in [0.25, 0.3) is 0 Å². The molecule has 16 heavy (non-hydrogen) atoms. The Balaban J connectivity index is 2.57. The van der Waals surface area contributed by atoms with Gasteiger partial charge in [0.05, 0.1) is 0 Å². The minimum absolute atomic E-state index is 0.118. The van der Waals surface area contributed by atoms with Crippen molar-refractivity contribution in [1.29, 1.82) is 0 Å². The maximum absolute atomic E-state index is 9.32. The average molecular weight is 237 g/mol. The largest absolute Gasteiger partial charge is 0.508 e. The molecule has 0 saturated carbocycles. The number of aromatic nitrogens is 2. The Hall–Kier alpha value is -2.01. The molecule has 0 radical (unpaired) electrons. The van der Waals surface area contributed by atoms with Crippen LogP contribution >= 0.6 is 11.6 Å². The summed E-state index contributed by atoms with van der Waals surface area (Å²) in [6.45, 7) is 0. The van der Waals surface area contributed by atoms with Crippen molar-refractivity contribution in [2.24, 2.45) is 0 Å². The van der Waals surface area contributed by atoms with E-state index < -0.39 is 0 Å². The Bertz CT molecular complexity index is 521. The molecule has 0 saturated heterocycles. The van der Waals surface area contributed by atoms with Gasteiger partial charge in [-0.15, -0.1) is 0 Å². The van der Waals surface area contributed by atoms with Gasteiger partial charge in [-0.05, 0) is 12.1 Å². The van der Waals surface area contributed by atoms with E-state index in [1.807, 2.05) is 0 Å². The van der Waals surface area contributed by atoms with Crippen LogP contribution in [0.4, 0.5) is 11.6 Å². The molecule has 1 heterocycles. The van der Waals surface area contributed by atoms with E-state index in [0.717, 1.165) is 0 Å². The quantitative estimate of drug-likeness (QED) is 0.700. The Morgan fingerprint density at radius 2 is 1.75 bits per heavy atom. The first-order valence-electron chi connectivity index (χ1n) is 4.46. The molecule has 82 valence electrons. The lowest BCUT2D eigenvalue weighted by molar-refractivity contribution is 0.475. The van der Waals surface area contributed by atoms with Crippen molar-refractivity contribution >= 4 is 23.2 Å². The standard InChI is InChI=1S/C10H9ClN4O/c11-7-8(12)14-10(15-9(7)13)5-2-1-3-6(16)4-5/h1-4,16H,(H4,12,13,14,15). The number of anilines is 2. The number of phenols is 1. The number of nitrogens with two attached hydrogens (primary N) is 2. The zero-order valence-electron chi connectivity index (χ0n) is 8.18. The molecule has 0 aliphatic heterocycles. The Labute approximate surface area is 96.7 Å². The second-order valence-electron chi connectivity index (χ2n) is 3.18. The number of phenolic OH excluding ortho intramolecular Hbond substituents is 1. The van der Waals surface area contributed by atoms with E-state index in [1.54, 1.807) is 18.2 Å². The number of halogens is 1. The predicted octanol–water partition coefficient (Wildman–Crippen LogP) is 1.67. The van der Waals surface area contributed by atoms with E-state index in [9.17, 15) is 5.11 Å². The van der Waals surface area contributed by atoms with E-state index >= 15 is 0 Å². The highest BCUT2D eigenvalue weighted by Gasteiger charge is 2.09. The molecule has 0 aliphatic rings. The van der Waals surface area contributed by atoms with Crippen molar-refractivity contribution < 1.29 is 5.11 Å². The molecule has 5 N–H and O–H groups in total. The predicted molar refractivity (Wildman–Crippen MR) is 63.0 cm³/mol. The zero-order valence-corrected chi connectivity index (χ0v) is 8.94. The normalized spacial score (nSPS) is 10.3. The number of hydrogen-bond donors (Lipinski definition) is 3. The SMILES string of the molecule is Nc1nc(-c2cccc(O)c2)nc(N)c1Cl. The second kappa shape index (κ2) is 3.86. The van der Waals surface area contributed by atoms with E-state index in [0.29, 0.717) is 11.4 Å². The fourth-order valence-electron chi connectivity index (χ4n) is 1.26. The number of hydrogen-bond acceptors (Lipinski definition) is 5. The van der Waals surface area contributed by atoms with Crippen LogP contribution in [0.2, 0.25) is 5.02 Å². The monoisotopic (exact) mass is 236 g/mol. The lowest BCUT2D eigenvalue weighted by Crippen LogP contribution is -2.02. The smallest absolute Gasteiger partial charge is 0.164 e. The van der Waals surface area contributed by atoms with Crippen molar-refractivity contribution in [1.82, 2.24) is 9.97 Å².